The van der Waals surface area contributed by atoms with E-state index in [1.165, 1.54) is 6.20 Å². The van der Waals surface area contributed by atoms with Gasteiger partial charge < -0.3 is 11.1 Å². The summed E-state index contributed by atoms with van der Waals surface area (Å²) in [6.07, 6.45) is 10.8. The summed E-state index contributed by atoms with van der Waals surface area (Å²) < 4.78 is 1.10. The lowest BCUT2D eigenvalue weighted by Crippen LogP contribution is -2.19. The molecule has 5 heteroatoms. The summed E-state index contributed by atoms with van der Waals surface area (Å²) in [5.74, 6) is 0. The van der Waals surface area contributed by atoms with E-state index in [4.69, 9.17) is 5.73 Å². The van der Waals surface area contributed by atoms with Crippen molar-refractivity contribution in [1.82, 2.24) is 15.1 Å². The van der Waals surface area contributed by atoms with Crippen LogP contribution in [0, 0.1) is 0 Å². The van der Waals surface area contributed by atoms with Gasteiger partial charge in [0.1, 0.15) is 0 Å². The standard InChI is InChI=1S/C10H10N4O/c11-10(15)14-6-4-9(13-14)8-3-1-2-5-12-7-8/h1-7,12H,(H2,11,15). The fourth-order valence-electron chi connectivity index (χ4n) is 1.22. The highest BCUT2D eigenvalue weighted by Gasteiger charge is 2.05. The van der Waals surface area contributed by atoms with Gasteiger partial charge in [0.2, 0.25) is 0 Å². The number of hydrogen-bond donors (Lipinski definition) is 2. The highest BCUT2D eigenvalue weighted by Crippen LogP contribution is 2.13. The van der Waals surface area contributed by atoms with Gasteiger partial charge in [0, 0.05) is 24.2 Å². The lowest BCUT2D eigenvalue weighted by molar-refractivity contribution is 0.247. The van der Waals surface area contributed by atoms with Crippen LogP contribution in [0.25, 0.3) is 5.57 Å². The molecule has 76 valence electrons. The molecule has 2 heterocycles. The van der Waals surface area contributed by atoms with Gasteiger partial charge in [-0.15, -0.1) is 0 Å². The molecule has 0 unspecified atom stereocenters. The lowest BCUT2D eigenvalue weighted by Gasteiger charge is -1.96. The van der Waals surface area contributed by atoms with Crippen LogP contribution < -0.4 is 11.1 Å². The summed E-state index contributed by atoms with van der Waals surface area (Å²) in [5, 5.41) is 6.99. The van der Waals surface area contributed by atoms with Gasteiger partial charge >= 0.3 is 6.03 Å². The molecular weight excluding hydrogens is 192 g/mol. The van der Waals surface area contributed by atoms with Crippen molar-refractivity contribution in [3.05, 3.63) is 48.6 Å². The Hall–Kier alpha value is -2.30. The summed E-state index contributed by atoms with van der Waals surface area (Å²) in [6, 6.07) is 1.14. The molecule has 1 aliphatic heterocycles. The molecule has 0 bridgehead atoms. The van der Waals surface area contributed by atoms with Gasteiger partial charge in [0.25, 0.3) is 0 Å². The number of rotatable bonds is 1. The first-order valence-corrected chi connectivity index (χ1v) is 4.42. The molecule has 1 aliphatic rings. The molecule has 2 rings (SSSR count). The first-order valence-electron chi connectivity index (χ1n) is 4.42. The van der Waals surface area contributed by atoms with E-state index in [-0.39, 0.29) is 0 Å². The summed E-state index contributed by atoms with van der Waals surface area (Å²) >= 11 is 0. The van der Waals surface area contributed by atoms with Gasteiger partial charge in [-0.05, 0) is 12.1 Å². The molecule has 3 N–H and O–H groups in total. The average molecular weight is 202 g/mol. The van der Waals surface area contributed by atoms with E-state index in [0.717, 1.165) is 10.3 Å². The van der Waals surface area contributed by atoms with E-state index in [9.17, 15) is 4.79 Å². The third-order valence-corrected chi connectivity index (χ3v) is 1.93. The first-order chi connectivity index (χ1) is 7.27. The molecule has 0 atom stereocenters. The number of nitrogens with two attached hydrogens (primary N) is 1. The lowest BCUT2D eigenvalue weighted by atomic mass is 10.2. The second kappa shape index (κ2) is 3.83. The number of nitrogens with one attached hydrogen (secondary N) is 1. The van der Waals surface area contributed by atoms with Crippen molar-refractivity contribution in [3.63, 3.8) is 0 Å². The molecule has 5 nitrogen and oxygen atoms in total. The molecule has 1 amide bonds. The van der Waals surface area contributed by atoms with Crippen LogP contribution in [-0.2, 0) is 0 Å². The SMILES string of the molecule is NC(=O)n1ccc(C2=CNC=CC=C2)n1. The van der Waals surface area contributed by atoms with Crippen molar-refractivity contribution in [2.75, 3.05) is 0 Å². The number of primary amides is 1. The maximum Gasteiger partial charge on any atom is 0.339 e. The fraction of sp³-hybridized carbons (Fsp3) is 0. The van der Waals surface area contributed by atoms with Crippen molar-refractivity contribution >= 4 is 11.6 Å². The van der Waals surface area contributed by atoms with E-state index in [1.807, 2.05) is 18.2 Å². The Morgan fingerprint density at radius 1 is 1.47 bits per heavy atom. The molecule has 0 radical (unpaired) electrons. The van der Waals surface area contributed by atoms with Crippen LogP contribution in [0.5, 0.6) is 0 Å². The molecule has 1 aromatic heterocycles. The third-order valence-electron chi connectivity index (χ3n) is 1.93. The zero-order valence-electron chi connectivity index (χ0n) is 7.92. The maximum atomic E-state index is 10.8. The normalized spacial score (nSPS) is 14.3. The van der Waals surface area contributed by atoms with Gasteiger partial charge in [0.15, 0.2) is 0 Å². The van der Waals surface area contributed by atoms with E-state index in [1.54, 1.807) is 18.5 Å². The second-order valence-corrected chi connectivity index (χ2v) is 2.97. The molecule has 0 spiro atoms. The van der Waals surface area contributed by atoms with Gasteiger partial charge in [-0.3, -0.25) is 0 Å². The van der Waals surface area contributed by atoms with Crippen molar-refractivity contribution in [2.24, 2.45) is 5.73 Å². The molecular formula is C10H10N4O. The van der Waals surface area contributed by atoms with Gasteiger partial charge in [0.05, 0.1) is 5.69 Å². The number of carbonyl (C=O) groups is 1. The monoisotopic (exact) mass is 202 g/mol. The summed E-state index contributed by atoms with van der Waals surface area (Å²) in [5.41, 5.74) is 6.67. The Balaban J connectivity index is 2.29. The van der Waals surface area contributed by atoms with Crippen LogP contribution in [0.3, 0.4) is 0 Å². The zero-order valence-corrected chi connectivity index (χ0v) is 7.92. The predicted molar refractivity (Wildman–Crippen MR) is 56.6 cm³/mol. The Kier molecular flexibility index (Phi) is 2.37. The maximum absolute atomic E-state index is 10.8. The van der Waals surface area contributed by atoms with Crippen LogP contribution in [0.2, 0.25) is 0 Å². The Bertz CT molecular complexity index is 468. The average Bonchev–Trinajstić information content (AvgIpc) is 2.55. The molecule has 0 aromatic carbocycles. The minimum absolute atomic E-state index is 0.592. The molecule has 0 aliphatic carbocycles. The molecule has 0 saturated heterocycles. The number of amides is 1. The smallest absolute Gasteiger partial charge is 0.339 e. The quantitative estimate of drug-likeness (QED) is 0.708. The molecule has 0 fully saturated rings. The van der Waals surface area contributed by atoms with Gasteiger partial charge in [-0.1, -0.05) is 12.2 Å². The number of aromatic nitrogens is 2. The largest absolute Gasteiger partial charge is 0.367 e. The van der Waals surface area contributed by atoms with Crippen LogP contribution in [0.15, 0.2) is 42.9 Å². The van der Waals surface area contributed by atoms with Crippen LogP contribution >= 0.6 is 0 Å². The van der Waals surface area contributed by atoms with Crippen molar-refractivity contribution in [2.45, 2.75) is 0 Å². The van der Waals surface area contributed by atoms with Crippen molar-refractivity contribution < 1.29 is 4.79 Å². The Labute approximate surface area is 86.6 Å². The van der Waals surface area contributed by atoms with Crippen LogP contribution in [-0.4, -0.2) is 15.8 Å². The van der Waals surface area contributed by atoms with Crippen molar-refractivity contribution in [3.8, 4) is 0 Å². The summed E-state index contributed by atoms with van der Waals surface area (Å²) in [4.78, 5) is 10.8. The van der Waals surface area contributed by atoms with E-state index in [0.29, 0.717) is 5.69 Å². The summed E-state index contributed by atoms with van der Waals surface area (Å²) in [7, 11) is 0. The number of nitrogens with zero attached hydrogens (tertiary/aromatic N) is 2. The Morgan fingerprint density at radius 3 is 3.07 bits per heavy atom. The second-order valence-electron chi connectivity index (χ2n) is 2.97. The Morgan fingerprint density at radius 2 is 2.33 bits per heavy atom. The predicted octanol–water partition coefficient (Wildman–Crippen LogP) is 0.824. The van der Waals surface area contributed by atoms with Crippen LogP contribution in [0.4, 0.5) is 4.79 Å². The summed E-state index contributed by atoms with van der Waals surface area (Å²) in [6.45, 7) is 0. The number of hydrogen-bond acceptors (Lipinski definition) is 3. The minimum atomic E-state index is -0.592. The van der Waals surface area contributed by atoms with Crippen molar-refractivity contribution in [1.29, 1.82) is 0 Å². The highest BCUT2D eigenvalue weighted by molar-refractivity contribution is 5.76. The van der Waals surface area contributed by atoms with E-state index >= 15 is 0 Å². The zero-order chi connectivity index (χ0) is 10.7. The van der Waals surface area contributed by atoms with E-state index < -0.39 is 6.03 Å². The van der Waals surface area contributed by atoms with Crippen LogP contribution in [0.1, 0.15) is 5.69 Å². The fourth-order valence-corrected chi connectivity index (χ4v) is 1.22. The highest BCUT2D eigenvalue weighted by atomic mass is 16.2. The number of carbonyl (C=O) groups excluding carboxylic acids is 1. The molecule has 1 aromatic rings. The molecule has 0 saturated carbocycles. The number of allylic oxidation sites excluding steroid dienone is 4. The topological polar surface area (TPSA) is 72.9 Å². The molecule has 15 heavy (non-hydrogen) atoms. The first kappa shape index (κ1) is 9.26. The third kappa shape index (κ3) is 1.96. The minimum Gasteiger partial charge on any atom is -0.367 e. The van der Waals surface area contributed by atoms with Gasteiger partial charge in [-0.25, -0.2) is 4.79 Å². The van der Waals surface area contributed by atoms with Gasteiger partial charge in [-0.2, -0.15) is 9.78 Å². The van der Waals surface area contributed by atoms with E-state index in [2.05, 4.69) is 10.4 Å².